The van der Waals surface area contributed by atoms with Crippen LogP contribution in [0, 0.1) is 0 Å². The fourth-order valence-electron chi connectivity index (χ4n) is 8.43. The average molecular weight is 733 g/mol. The van der Waals surface area contributed by atoms with Crippen molar-refractivity contribution >= 4 is 50.6 Å². The molecule has 0 radical (unpaired) electrons. The molecule has 2 aromatic heterocycles. The standard InChI is InChI=1S/C51H36N4Si/c1-6-21-37(22-7-1)42-33-20-36-47(56(39-25-10-3-11-26-39,40-27-12-4-13-28-40)41-29-14-5-15-30-41)48(42)50-52-49(38-23-8-2-9-24-38)53-51(54-50)55-45-34-18-16-31-43(45)44-32-17-19-35-46(44)55/h1-36H. The molecule has 0 aliphatic heterocycles. The summed E-state index contributed by atoms with van der Waals surface area (Å²) < 4.78 is 2.20. The van der Waals surface area contributed by atoms with Gasteiger partial charge < -0.3 is 0 Å². The third-order valence-corrected chi connectivity index (χ3v) is 15.7. The molecule has 10 rings (SSSR count). The van der Waals surface area contributed by atoms with Gasteiger partial charge in [-0.05, 0) is 44.0 Å². The molecule has 56 heavy (non-hydrogen) atoms. The summed E-state index contributed by atoms with van der Waals surface area (Å²) in [7, 11) is -3.07. The Morgan fingerprint density at radius 1 is 0.339 bits per heavy atom. The lowest BCUT2D eigenvalue weighted by molar-refractivity contribution is 0.954. The van der Waals surface area contributed by atoms with Crippen molar-refractivity contribution < 1.29 is 0 Å². The van der Waals surface area contributed by atoms with Gasteiger partial charge in [0.2, 0.25) is 5.95 Å². The lowest BCUT2D eigenvalue weighted by atomic mass is 9.99. The molecule has 0 aliphatic carbocycles. The Labute approximate surface area is 327 Å². The van der Waals surface area contributed by atoms with Gasteiger partial charge in [-0.15, -0.1) is 0 Å². The third kappa shape index (κ3) is 5.56. The van der Waals surface area contributed by atoms with Crippen molar-refractivity contribution in [1.82, 2.24) is 19.5 Å². The second-order valence-electron chi connectivity index (χ2n) is 14.0. The molecule has 264 valence electrons. The van der Waals surface area contributed by atoms with E-state index in [0.717, 1.165) is 44.1 Å². The van der Waals surface area contributed by atoms with Gasteiger partial charge in [-0.3, -0.25) is 4.57 Å². The second kappa shape index (κ2) is 14.2. The molecule has 5 heteroatoms. The summed E-state index contributed by atoms with van der Waals surface area (Å²) in [4.78, 5) is 16.3. The summed E-state index contributed by atoms with van der Waals surface area (Å²) >= 11 is 0. The predicted molar refractivity (Wildman–Crippen MR) is 234 cm³/mol. The maximum atomic E-state index is 5.58. The van der Waals surface area contributed by atoms with Gasteiger partial charge in [0, 0.05) is 21.9 Å². The van der Waals surface area contributed by atoms with Crippen LogP contribution in [0.4, 0.5) is 0 Å². The highest BCUT2D eigenvalue weighted by molar-refractivity contribution is 7.20. The van der Waals surface area contributed by atoms with Gasteiger partial charge in [-0.25, -0.2) is 4.98 Å². The van der Waals surface area contributed by atoms with Crippen LogP contribution in [0.25, 0.3) is 61.7 Å². The van der Waals surface area contributed by atoms with E-state index in [0.29, 0.717) is 17.6 Å². The normalized spacial score (nSPS) is 11.6. The molecule has 0 saturated carbocycles. The van der Waals surface area contributed by atoms with E-state index in [1.807, 2.05) is 18.2 Å². The smallest absolute Gasteiger partial charge is 0.238 e. The molecular weight excluding hydrogens is 697 g/mol. The number of para-hydroxylation sites is 2. The monoisotopic (exact) mass is 732 g/mol. The number of fused-ring (bicyclic) bond motifs is 3. The van der Waals surface area contributed by atoms with E-state index in [2.05, 4.69) is 205 Å². The van der Waals surface area contributed by atoms with E-state index in [1.165, 1.54) is 20.7 Å². The Kier molecular flexibility index (Phi) is 8.47. The Morgan fingerprint density at radius 2 is 0.768 bits per heavy atom. The lowest BCUT2D eigenvalue weighted by Gasteiger charge is -2.36. The molecule has 0 unspecified atom stereocenters. The Hall–Kier alpha value is -7.21. The highest BCUT2D eigenvalue weighted by atomic mass is 28.3. The molecule has 0 spiro atoms. The molecule has 0 amide bonds. The van der Waals surface area contributed by atoms with Crippen molar-refractivity contribution in [3.63, 3.8) is 0 Å². The van der Waals surface area contributed by atoms with Crippen LogP contribution in [-0.4, -0.2) is 27.6 Å². The zero-order valence-corrected chi connectivity index (χ0v) is 31.6. The fraction of sp³-hybridized carbons (Fsp3) is 0. The van der Waals surface area contributed by atoms with Crippen LogP contribution in [0.2, 0.25) is 0 Å². The minimum absolute atomic E-state index is 0.575. The van der Waals surface area contributed by atoms with Gasteiger partial charge >= 0.3 is 0 Å². The average Bonchev–Trinajstić information content (AvgIpc) is 3.63. The first-order valence-corrected chi connectivity index (χ1v) is 21.0. The molecule has 0 fully saturated rings. The minimum Gasteiger partial charge on any atom is -0.278 e. The van der Waals surface area contributed by atoms with Crippen LogP contribution in [0.15, 0.2) is 218 Å². The van der Waals surface area contributed by atoms with E-state index < -0.39 is 8.07 Å². The van der Waals surface area contributed by atoms with Crippen molar-refractivity contribution in [1.29, 1.82) is 0 Å². The van der Waals surface area contributed by atoms with E-state index >= 15 is 0 Å². The molecule has 2 heterocycles. The minimum atomic E-state index is -3.07. The molecule has 0 atom stereocenters. The summed E-state index contributed by atoms with van der Waals surface area (Å²) in [6.45, 7) is 0. The predicted octanol–water partition coefficient (Wildman–Crippen LogP) is 9.35. The van der Waals surface area contributed by atoms with E-state index in [4.69, 9.17) is 15.0 Å². The first-order valence-electron chi connectivity index (χ1n) is 19.0. The molecule has 0 N–H and O–H groups in total. The number of benzene rings is 8. The van der Waals surface area contributed by atoms with Gasteiger partial charge in [-0.1, -0.05) is 206 Å². The van der Waals surface area contributed by atoms with Crippen molar-refractivity contribution in [3.8, 4) is 39.9 Å². The zero-order valence-electron chi connectivity index (χ0n) is 30.6. The van der Waals surface area contributed by atoms with Crippen LogP contribution in [0.3, 0.4) is 0 Å². The van der Waals surface area contributed by atoms with Crippen molar-refractivity contribution in [3.05, 3.63) is 218 Å². The van der Waals surface area contributed by atoms with Crippen LogP contribution >= 0.6 is 0 Å². The Bertz CT molecular complexity index is 2800. The highest BCUT2D eigenvalue weighted by Crippen LogP contribution is 2.35. The summed E-state index contributed by atoms with van der Waals surface area (Å²) in [6, 6.07) is 77.9. The van der Waals surface area contributed by atoms with E-state index in [1.54, 1.807) is 0 Å². The number of aromatic nitrogens is 4. The van der Waals surface area contributed by atoms with Crippen molar-refractivity contribution in [2.45, 2.75) is 0 Å². The van der Waals surface area contributed by atoms with E-state index in [9.17, 15) is 0 Å². The molecule has 0 aliphatic rings. The molecular formula is C51H36N4Si. The summed E-state index contributed by atoms with van der Waals surface area (Å²) in [6.07, 6.45) is 0. The molecule has 10 aromatic rings. The highest BCUT2D eigenvalue weighted by Gasteiger charge is 2.44. The summed E-state index contributed by atoms with van der Waals surface area (Å²) in [5.41, 5.74) is 6.19. The molecule has 0 saturated heterocycles. The van der Waals surface area contributed by atoms with Gasteiger partial charge in [0.25, 0.3) is 0 Å². The van der Waals surface area contributed by atoms with Crippen LogP contribution in [0.1, 0.15) is 0 Å². The number of hydrogen-bond donors (Lipinski definition) is 0. The fourth-order valence-corrected chi connectivity index (χ4v) is 13.4. The Balaban J connectivity index is 1.38. The number of rotatable bonds is 8. The van der Waals surface area contributed by atoms with Gasteiger partial charge in [0.05, 0.1) is 11.0 Å². The second-order valence-corrected chi connectivity index (χ2v) is 17.7. The van der Waals surface area contributed by atoms with Gasteiger partial charge in [-0.2, -0.15) is 9.97 Å². The van der Waals surface area contributed by atoms with Gasteiger partial charge in [0.1, 0.15) is 0 Å². The maximum absolute atomic E-state index is 5.58. The number of hydrogen-bond acceptors (Lipinski definition) is 3. The quantitative estimate of drug-likeness (QED) is 0.116. The first kappa shape index (κ1) is 33.4. The first-order chi connectivity index (χ1) is 27.8. The largest absolute Gasteiger partial charge is 0.278 e. The molecule has 0 bridgehead atoms. The topological polar surface area (TPSA) is 43.6 Å². The molecule has 4 nitrogen and oxygen atoms in total. The molecule has 8 aromatic carbocycles. The number of nitrogens with zero attached hydrogens (tertiary/aromatic N) is 4. The SMILES string of the molecule is c1ccc(-c2nc(-c3c(-c4ccccc4)cccc3[Si](c3ccccc3)(c3ccccc3)c3ccccc3)nc(-n3c4ccccc4c4ccccc43)n2)cc1. The van der Waals surface area contributed by atoms with Crippen LogP contribution < -0.4 is 20.7 Å². The lowest BCUT2D eigenvalue weighted by Crippen LogP contribution is -2.75. The zero-order chi connectivity index (χ0) is 37.3. The third-order valence-electron chi connectivity index (χ3n) is 10.8. The van der Waals surface area contributed by atoms with Crippen molar-refractivity contribution in [2.75, 3.05) is 0 Å². The van der Waals surface area contributed by atoms with Crippen LogP contribution in [-0.2, 0) is 0 Å². The van der Waals surface area contributed by atoms with E-state index in [-0.39, 0.29) is 0 Å². The van der Waals surface area contributed by atoms with Gasteiger partial charge in [0.15, 0.2) is 19.7 Å². The maximum Gasteiger partial charge on any atom is 0.238 e. The summed E-state index contributed by atoms with van der Waals surface area (Å²) in [5, 5.41) is 7.36. The van der Waals surface area contributed by atoms with Crippen LogP contribution in [0.5, 0.6) is 0 Å². The Morgan fingerprint density at radius 3 is 1.29 bits per heavy atom. The summed E-state index contributed by atoms with van der Waals surface area (Å²) in [5.74, 6) is 1.82. The van der Waals surface area contributed by atoms with Crippen molar-refractivity contribution in [2.24, 2.45) is 0 Å².